The quantitative estimate of drug-likeness (QED) is 0.229. The minimum Gasteiger partial charge on any atom is -0.462 e. The molecule has 4 saturated carbocycles. The number of ether oxygens (including phenoxy) is 2. The van der Waals surface area contributed by atoms with Crippen LogP contribution in [0.1, 0.15) is 46.0 Å². The van der Waals surface area contributed by atoms with Gasteiger partial charge in [-0.1, -0.05) is 5.04 Å². The Morgan fingerprint density at radius 2 is 1.86 bits per heavy atom. The summed E-state index contributed by atoms with van der Waals surface area (Å²) >= 11 is 0.146. The summed E-state index contributed by atoms with van der Waals surface area (Å²) in [6, 6.07) is 0. The van der Waals surface area contributed by atoms with Crippen molar-refractivity contribution in [2.24, 2.45) is 23.2 Å². The van der Waals surface area contributed by atoms with E-state index in [1.165, 1.54) is 0 Å². The minimum absolute atomic E-state index is 0.0920. The first-order chi connectivity index (χ1) is 13.5. The topological polar surface area (TPSA) is 112 Å². The molecule has 4 bridgehead atoms. The van der Waals surface area contributed by atoms with E-state index in [2.05, 4.69) is 14.1 Å². The number of aliphatic hydroxyl groups excluding tert-OH is 1. The molecule has 0 amide bonds. The lowest BCUT2D eigenvalue weighted by Crippen LogP contribution is -2.55. The van der Waals surface area contributed by atoms with E-state index in [1.54, 1.807) is 0 Å². The van der Waals surface area contributed by atoms with Gasteiger partial charge in [-0.05, 0) is 51.9 Å². The van der Waals surface area contributed by atoms with Crippen LogP contribution in [0.3, 0.4) is 0 Å². The molecule has 166 valence electrons. The molecule has 29 heavy (non-hydrogen) atoms. The van der Waals surface area contributed by atoms with Gasteiger partial charge in [-0.25, -0.2) is 5.26 Å². The summed E-state index contributed by atoms with van der Waals surface area (Å²) < 4.78 is 40.1. The number of alkyl halides is 2. The van der Waals surface area contributed by atoms with E-state index in [-0.39, 0.29) is 29.7 Å². The Balaban J connectivity index is 1.48. The second-order valence-corrected chi connectivity index (χ2v) is 10.2. The van der Waals surface area contributed by atoms with Crippen molar-refractivity contribution in [2.75, 3.05) is 13.2 Å². The normalized spacial score (nSPS) is 32.5. The molecule has 4 aliphatic carbocycles. The third-order valence-corrected chi connectivity index (χ3v) is 7.05. The molecular formula is C18H26F2O8S. The molecule has 0 heterocycles. The molecule has 11 heteroatoms. The van der Waals surface area contributed by atoms with Crippen LogP contribution in [0, 0.1) is 23.2 Å². The predicted molar refractivity (Wildman–Crippen MR) is 95.3 cm³/mol. The third-order valence-electron chi connectivity index (χ3n) is 6.26. The summed E-state index contributed by atoms with van der Waals surface area (Å²) in [5, 5.41) is 21.4. The van der Waals surface area contributed by atoms with E-state index >= 15 is 0 Å². The Bertz CT molecular complexity index is 625. The van der Waals surface area contributed by atoms with Crippen LogP contribution < -0.4 is 0 Å². The second kappa shape index (κ2) is 8.35. The van der Waals surface area contributed by atoms with Crippen molar-refractivity contribution in [3.05, 3.63) is 0 Å². The lowest BCUT2D eigenvalue weighted by molar-refractivity contribution is -0.433. The number of hydrogen-bond donors (Lipinski definition) is 2. The van der Waals surface area contributed by atoms with Crippen molar-refractivity contribution in [3.63, 3.8) is 0 Å². The highest BCUT2D eigenvalue weighted by Crippen LogP contribution is 2.59. The Hall–Kier alpha value is -0.850. The number of aliphatic hydroxyl groups is 1. The minimum atomic E-state index is -3.73. The zero-order valence-corrected chi connectivity index (χ0v) is 17.1. The van der Waals surface area contributed by atoms with Crippen LogP contribution in [0.15, 0.2) is 0 Å². The number of carbonyl (C=O) groups is 2. The molecule has 0 radical (unpaired) electrons. The van der Waals surface area contributed by atoms with Crippen LogP contribution in [0.2, 0.25) is 0 Å². The molecule has 3 atom stereocenters. The van der Waals surface area contributed by atoms with Gasteiger partial charge >= 0.3 is 12.1 Å². The lowest BCUT2D eigenvalue weighted by Gasteiger charge is -2.53. The van der Waals surface area contributed by atoms with Crippen LogP contribution in [0.4, 0.5) is 8.78 Å². The molecule has 0 spiro atoms. The molecule has 4 fully saturated rings. The zero-order valence-electron chi connectivity index (χ0n) is 16.3. The van der Waals surface area contributed by atoms with Gasteiger partial charge in [0.2, 0.25) is 0 Å². The fraction of sp³-hybridized carbons (Fsp3) is 0.889. The number of Topliss-reactive ketones (excluding diaryl/α,β-unsaturated/α-hetero) is 1. The number of hydrogen-bond acceptors (Lipinski definition) is 9. The van der Waals surface area contributed by atoms with E-state index in [1.807, 2.05) is 0 Å². The van der Waals surface area contributed by atoms with Crippen LogP contribution in [-0.4, -0.2) is 52.3 Å². The molecule has 4 aliphatic rings. The van der Waals surface area contributed by atoms with Crippen LogP contribution in [0.25, 0.3) is 0 Å². The van der Waals surface area contributed by atoms with Crippen molar-refractivity contribution in [3.8, 4) is 0 Å². The molecule has 4 rings (SSSR count). The summed E-state index contributed by atoms with van der Waals surface area (Å²) in [6.45, 7) is 0.937. The van der Waals surface area contributed by atoms with E-state index < -0.39 is 41.6 Å². The van der Waals surface area contributed by atoms with Gasteiger partial charge in [0.1, 0.15) is 23.2 Å². The van der Waals surface area contributed by atoms with E-state index in [9.17, 15) is 23.5 Å². The molecule has 8 nitrogen and oxygen atoms in total. The smallest absolute Gasteiger partial charge is 0.372 e. The van der Waals surface area contributed by atoms with Crippen molar-refractivity contribution < 1.29 is 47.6 Å². The first kappa shape index (κ1) is 22.8. The molecule has 2 N–H and O–H groups in total. The zero-order chi connectivity index (χ0) is 21.4. The Kier molecular flexibility index (Phi) is 6.57. The molecule has 0 aromatic carbocycles. The van der Waals surface area contributed by atoms with E-state index in [0.29, 0.717) is 25.2 Å². The molecule has 3 unspecified atom stereocenters. The highest BCUT2D eigenvalue weighted by molar-refractivity contribution is 7.96. The summed E-state index contributed by atoms with van der Waals surface area (Å²) in [5.74, 6) is -0.0681. The first-order valence-corrected chi connectivity index (χ1v) is 10.3. The molecular weight excluding hydrogens is 414 g/mol. The molecule has 0 aliphatic heterocycles. The fourth-order valence-electron chi connectivity index (χ4n) is 4.89. The van der Waals surface area contributed by atoms with Gasteiger partial charge in [0, 0.05) is 11.8 Å². The van der Waals surface area contributed by atoms with Crippen molar-refractivity contribution in [1.29, 1.82) is 0 Å². The van der Waals surface area contributed by atoms with Crippen molar-refractivity contribution >= 4 is 23.8 Å². The van der Waals surface area contributed by atoms with E-state index in [0.717, 1.165) is 26.7 Å². The van der Waals surface area contributed by atoms with Gasteiger partial charge in [-0.2, -0.15) is 8.78 Å². The van der Waals surface area contributed by atoms with Crippen LogP contribution >= 0.6 is 12.0 Å². The molecule has 0 aromatic heterocycles. The van der Waals surface area contributed by atoms with Gasteiger partial charge in [0.05, 0.1) is 24.1 Å². The van der Waals surface area contributed by atoms with Crippen LogP contribution in [0.5, 0.6) is 0 Å². The number of esters is 1. The van der Waals surface area contributed by atoms with Gasteiger partial charge in [0.15, 0.2) is 0 Å². The highest BCUT2D eigenvalue weighted by Gasteiger charge is 2.59. The molecule has 0 saturated heterocycles. The average molecular weight is 440 g/mol. The second-order valence-electron chi connectivity index (χ2n) is 8.84. The number of rotatable bonds is 10. The Labute approximate surface area is 171 Å². The third kappa shape index (κ3) is 4.59. The summed E-state index contributed by atoms with van der Waals surface area (Å²) in [6.07, 6.45) is -1.90. The largest absolute Gasteiger partial charge is 0.462 e. The monoisotopic (exact) mass is 440 g/mol. The van der Waals surface area contributed by atoms with Gasteiger partial charge < -0.3 is 14.6 Å². The predicted octanol–water partition coefficient (Wildman–Crippen LogP) is 2.74. The van der Waals surface area contributed by atoms with E-state index in [4.69, 9.17) is 9.99 Å². The highest BCUT2D eigenvalue weighted by atomic mass is 32.2. The first-order valence-electron chi connectivity index (χ1n) is 9.56. The lowest BCUT2D eigenvalue weighted by atomic mass is 9.49. The SMILES string of the molecule is CC(C)(SOOO)C(F)(F)OCC(O)COC(=O)C12CC3CC(C1)C(=O)C(C3)C2. The number of halogens is 2. The average Bonchev–Trinajstić information content (AvgIpc) is 2.66. The Morgan fingerprint density at radius 1 is 1.24 bits per heavy atom. The van der Waals surface area contributed by atoms with Crippen molar-refractivity contribution in [2.45, 2.75) is 62.9 Å². The van der Waals surface area contributed by atoms with Gasteiger partial charge in [0.25, 0.3) is 0 Å². The van der Waals surface area contributed by atoms with Gasteiger partial charge in [-0.15, -0.1) is 4.33 Å². The summed E-state index contributed by atoms with van der Waals surface area (Å²) in [4.78, 5) is 24.9. The van der Waals surface area contributed by atoms with Gasteiger partial charge in [-0.3, -0.25) is 9.59 Å². The number of ketones is 1. The fourth-order valence-corrected chi connectivity index (χ4v) is 5.25. The Morgan fingerprint density at radius 3 is 2.45 bits per heavy atom. The summed E-state index contributed by atoms with van der Waals surface area (Å²) in [5.41, 5.74) is -0.699. The van der Waals surface area contributed by atoms with Crippen molar-refractivity contribution in [1.82, 2.24) is 0 Å². The number of carbonyl (C=O) groups excluding carboxylic acids is 2. The summed E-state index contributed by atoms with van der Waals surface area (Å²) in [7, 11) is 0. The maximum absolute atomic E-state index is 14.1. The molecule has 0 aromatic rings. The maximum Gasteiger partial charge on any atom is 0.372 e. The van der Waals surface area contributed by atoms with Crippen LogP contribution in [-0.2, 0) is 28.4 Å². The maximum atomic E-state index is 14.1. The standard InChI is InChI=1S/C18H26F2O8S/c1-16(2,29-28-27-24)18(19,20)26-9-13(21)8-25-15(23)17-5-10-3-11(6-17)14(22)12(4-10)7-17/h10-13,21,24H,3-9H2,1-2H3.